The van der Waals surface area contributed by atoms with Crippen molar-refractivity contribution in [3.05, 3.63) is 59.2 Å². The number of carbonyl (C=O) groups is 1. The molecule has 0 fully saturated rings. The summed E-state index contributed by atoms with van der Waals surface area (Å²) in [5, 5.41) is 12.5. The lowest BCUT2D eigenvalue weighted by molar-refractivity contribution is -0.123. The molecule has 2 aromatic rings. The molecule has 0 saturated heterocycles. The van der Waals surface area contributed by atoms with Gasteiger partial charge in [0.25, 0.3) is 5.91 Å². The van der Waals surface area contributed by atoms with Crippen LogP contribution in [0.1, 0.15) is 22.8 Å². The van der Waals surface area contributed by atoms with Gasteiger partial charge in [-0.05, 0) is 29.7 Å². The summed E-state index contributed by atoms with van der Waals surface area (Å²) < 4.78 is 0. The minimum absolute atomic E-state index is 0.342. The lowest BCUT2D eigenvalue weighted by atomic mass is 9.99. The number of hydrogen-bond acceptors (Lipinski definition) is 3. The van der Waals surface area contributed by atoms with Gasteiger partial charge in [-0.25, -0.2) is 0 Å². The van der Waals surface area contributed by atoms with Gasteiger partial charge in [-0.3, -0.25) is 4.79 Å². The monoisotopic (exact) mass is 280 g/mol. The van der Waals surface area contributed by atoms with Gasteiger partial charge in [0.15, 0.2) is 6.10 Å². The molecule has 0 radical (unpaired) electrons. The number of nitrogens with zero attached hydrogens (tertiary/aromatic N) is 1. The molecule has 2 aliphatic rings. The van der Waals surface area contributed by atoms with Crippen LogP contribution in [0.5, 0.6) is 0 Å². The van der Waals surface area contributed by atoms with Crippen LogP contribution in [0, 0.1) is 0 Å². The molecule has 4 rings (SSSR count). The fourth-order valence-corrected chi connectivity index (χ4v) is 3.15. The van der Waals surface area contributed by atoms with Crippen LogP contribution < -0.4 is 10.2 Å². The van der Waals surface area contributed by atoms with Gasteiger partial charge < -0.3 is 15.3 Å². The zero-order chi connectivity index (χ0) is 14.4. The average molecular weight is 280 g/mol. The summed E-state index contributed by atoms with van der Waals surface area (Å²) in [4.78, 5) is 13.8. The van der Waals surface area contributed by atoms with E-state index < -0.39 is 6.10 Å². The van der Waals surface area contributed by atoms with Crippen molar-refractivity contribution < 1.29 is 9.90 Å². The summed E-state index contributed by atoms with van der Waals surface area (Å²) in [6.45, 7) is 1.84. The largest absolute Gasteiger partial charge is 0.378 e. The van der Waals surface area contributed by atoms with Crippen LogP contribution in [0.2, 0.25) is 0 Å². The number of aliphatic hydroxyl groups excluding tert-OH is 1. The zero-order valence-corrected chi connectivity index (χ0v) is 11.5. The van der Waals surface area contributed by atoms with Crippen LogP contribution in [0.3, 0.4) is 0 Å². The van der Waals surface area contributed by atoms with E-state index >= 15 is 0 Å². The van der Waals surface area contributed by atoms with Gasteiger partial charge in [0.05, 0.1) is 0 Å². The molecule has 1 unspecified atom stereocenters. The Morgan fingerprint density at radius 1 is 1.14 bits per heavy atom. The van der Waals surface area contributed by atoms with Gasteiger partial charge in [0.1, 0.15) is 0 Å². The van der Waals surface area contributed by atoms with Crippen molar-refractivity contribution in [2.45, 2.75) is 19.1 Å². The first-order chi connectivity index (χ1) is 10.2. The number of nitrogens with one attached hydrogen (secondary N) is 1. The number of fused-ring (bicyclic) bond motifs is 2. The summed E-state index contributed by atoms with van der Waals surface area (Å²) in [5.41, 5.74) is 5.25. The molecule has 106 valence electrons. The van der Waals surface area contributed by atoms with Crippen molar-refractivity contribution in [2.24, 2.45) is 0 Å². The molecular weight excluding hydrogens is 264 g/mol. The molecule has 0 spiro atoms. The van der Waals surface area contributed by atoms with Crippen LogP contribution in [-0.4, -0.2) is 17.6 Å². The van der Waals surface area contributed by atoms with E-state index in [2.05, 4.69) is 34.5 Å². The third kappa shape index (κ3) is 1.99. The molecule has 1 amide bonds. The number of carbonyl (C=O) groups excluding carboxylic acids is 1. The summed E-state index contributed by atoms with van der Waals surface area (Å²) in [6, 6.07) is 14.3. The molecule has 2 aromatic carbocycles. The number of hydrogen-bond donors (Lipinski definition) is 2. The van der Waals surface area contributed by atoms with Crippen LogP contribution in [0.25, 0.3) is 0 Å². The lowest BCUT2D eigenvalue weighted by Gasteiger charge is -2.31. The second-order valence-corrected chi connectivity index (χ2v) is 5.60. The molecule has 0 saturated carbocycles. The van der Waals surface area contributed by atoms with Crippen molar-refractivity contribution in [1.29, 1.82) is 0 Å². The summed E-state index contributed by atoms with van der Waals surface area (Å²) in [7, 11) is 0. The Morgan fingerprint density at radius 2 is 1.95 bits per heavy atom. The van der Waals surface area contributed by atoms with Crippen LogP contribution in [-0.2, 0) is 17.8 Å². The lowest BCUT2D eigenvalue weighted by Crippen LogP contribution is -2.30. The van der Waals surface area contributed by atoms with Gasteiger partial charge in [-0.15, -0.1) is 0 Å². The second-order valence-electron chi connectivity index (χ2n) is 5.60. The van der Waals surface area contributed by atoms with E-state index in [1.807, 2.05) is 18.2 Å². The number of amides is 1. The van der Waals surface area contributed by atoms with Crippen molar-refractivity contribution in [2.75, 3.05) is 16.8 Å². The molecule has 0 bridgehead atoms. The molecule has 4 heteroatoms. The SMILES string of the molecule is O=C1Nc2cc(N3CCc4ccccc4C3)ccc2C1O. The number of anilines is 2. The maximum atomic E-state index is 11.5. The smallest absolute Gasteiger partial charge is 0.257 e. The van der Waals surface area contributed by atoms with E-state index in [1.54, 1.807) is 0 Å². The van der Waals surface area contributed by atoms with Crippen molar-refractivity contribution >= 4 is 17.3 Å². The maximum absolute atomic E-state index is 11.5. The number of rotatable bonds is 1. The van der Waals surface area contributed by atoms with Gasteiger partial charge in [-0.2, -0.15) is 0 Å². The van der Waals surface area contributed by atoms with E-state index in [0.717, 1.165) is 30.9 Å². The van der Waals surface area contributed by atoms with Gasteiger partial charge in [0, 0.05) is 30.0 Å². The predicted molar refractivity (Wildman–Crippen MR) is 81.2 cm³/mol. The van der Waals surface area contributed by atoms with Crippen LogP contribution in [0.4, 0.5) is 11.4 Å². The molecular formula is C17H16N2O2. The summed E-state index contributed by atoms with van der Waals surface area (Å²) in [5.74, 6) is -0.342. The predicted octanol–water partition coefficient (Wildman–Crippen LogP) is 2.23. The van der Waals surface area contributed by atoms with Crippen molar-refractivity contribution in [3.8, 4) is 0 Å². The van der Waals surface area contributed by atoms with E-state index in [1.165, 1.54) is 11.1 Å². The van der Waals surface area contributed by atoms with E-state index in [-0.39, 0.29) is 5.91 Å². The molecule has 1 atom stereocenters. The molecule has 2 N–H and O–H groups in total. The standard InChI is InChI=1S/C17H16N2O2/c20-16-14-6-5-13(9-15(14)18-17(16)21)19-8-7-11-3-1-2-4-12(11)10-19/h1-6,9,16,20H,7-8,10H2,(H,18,21). The molecule has 0 aliphatic carbocycles. The topological polar surface area (TPSA) is 52.6 Å². The normalized spacial score (nSPS) is 20.0. The molecule has 21 heavy (non-hydrogen) atoms. The van der Waals surface area contributed by atoms with E-state index in [9.17, 15) is 9.90 Å². The van der Waals surface area contributed by atoms with Crippen LogP contribution >= 0.6 is 0 Å². The van der Waals surface area contributed by atoms with Gasteiger partial charge >= 0.3 is 0 Å². The molecule has 2 heterocycles. The Bertz CT molecular complexity index is 726. The summed E-state index contributed by atoms with van der Waals surface area (Å²) >= 11 is 0. The molecule has 4 nitrogen and oxygen atoms in total. The first-order valence-electron chi connectivity index (χ1n) is 7.17. The third-order valence-corrected chi connectivity index (χ3v) is 4.33. The molecule has 2 aliphatic heterocycles. The highest BCUT2D eigenvalue weighted by molar-refractivity contribution is 6.02. The van der Waals surface area contributed by atoms with Gasteiger partial charge in [-0.1, -0.05) is 30.3 Å². The maximum Gasteiger partial charge on any atom is 0.257 e. The number of aliphatic hydroxyl groups is 1. The molecule has 0 aromatic heterocycles. The minimum atomic E-state index is -1.03. The van der Waals surface area contributed by atoms with Crippen LogP contribution in [0.15, 0.2) is 42.5 Å². The van der Waals surface area contributed by atoms with E-state index in [0.29, 0.717) is 5.56 Å². The van der Waals surface area contributed by atoms with E-state index in [4.69, 9.17) is 0 Å². The highest BCUT2D eigenvalue weighted by Crippen LogP contribution is 2.35. The Kier molecular flexibility index (Phi) is 2.72. The highest BCUT2D eigenvalue weighted by Gasteiger charge is 2.29. The van der Waals surface area contributed by atoms with Crippen molar-refractivity contribution in [1.82, 2.24) is 0 Å². The Balaban J connectivity index is 1.64. The fraction of sp³-hybridized carbons (Fsp3) is 0.235. The Morgan fingerprint density at radius 3 is 2.81 bits per heavy atom. The third-order valence-electron chi connectivity index (χ3n) is 4.33. The quantitative estimate of drug-likeness (QED) is 0.842. The average Bonchev–Trinajstić information content (AvgIpc) is 2.81. The highest BCUT2D eigenvalue weighted by atomic mass is 16.3. The number of benzene rings is 2. The zero-order valence-electron chi connectivity index (χ0n) is 11.5. The van der Waals surface area contributed by atoms with Crippen molar-refractivity contribution in [3.63, 3.8) is 0 Å². The summed E-state index contributed by atoms with van der Waals surface area (Å²) in [6.07, 6.45) is -0.00136. The first-order valence-corrected chi connectivity index (χ1v) is 7.17. The Hall–Kier alpha value is -2.33. The fourth-order valence-electron chi connectivity index (χ4n) is 3.15. The Labute approximate surface area is 123 Å². The van der Waals surface area contributed by atoms with Gasteiger partial charge in [0.2, 0.25) is 0 Å². The second kappa shape index (κ2) is 4.60. The minimum Gasteiger partial charge on any atom is -0.378 e. The first kappa shape index (κ1) is 12.4.